The van der Waals surface area contributed by atoms with Crippen LogP contribution in [0.4, 0.5) is 13.2 Å². The largest absolute Gasteiger partial charge is 0.416 e. The van der Waals surface area contributed by atoms with Crippen LogP contribution in [0.1, 0.15) is 11.5 Å². The number of para-hydroxylation sites is 2. The van der Waals surface area contributed by atoms with E-state index in [1.54, 1.807) is 24.3 Å². The maximum atomic E-state index is 12.9. The van der Waals surface area contributed by atoms with Crippen molar-refractivity contribution in [1.82, 2.24) is 19.7 Å². The maximum absolute atomic E-state index is 12.9. The fourth-order valence-electron chi connectivity index (χ4n) is 2.90. The normalized spacial score (nSPS) is 12.6. The smallest absolute Gasteiger partial charge is 0.337 e. The first-order valence-corrected chi connectivity index (χ1v) is 10.2. The first-order valence-electron chi connectivity index (χ1n) is 8.28. The molecule has 0 N–H and O–H groups in total. The molecular weight excluding hydrogens is 409 g/mol. The van der Waals surface area contributed by atoms with Gasteiger partial charge in [0.05, 0.1) is 16.6 Å². The van der Waals surface area contributed by atoms with Gasteiger partial charge in [-0.25, -0.2) is 13.4 Å². The van der Waals surface area contributed by atoms with E-state index in [0.717, 1.165) is 18.4 Å². The Kier molecular flexibility index (Phi) is 4.41. The maximum Gasteiger partial charge on any atom is 0.416 e. The number of hydrogen-bond acceptors (Lipinski definition) is 6. The molecule has 0 atom stereocenters. The second-order valence-corrected chi connectivity index (χ2v) is 8.24. The number of halogens is 3. The van der Waals surface area contributed by atoms with Crippen LogP contribution in [0.3, 0.4) is 0 Å². The number of hydrogen-bond donors (Lipinski definition) is 0. The van der Waals surface area contributed by atoms with Crippen LogP contribution in [0.25, 0.3) is 22.4 Å². The number of rotatable bonds is 4. The summed E-state index contributed by atoms with van der Waals surface area (Å²) in [6.45, 7) is -0.102. The summed E-state index contributed by atoms with van der Waals surface area (Å²) in [4.78, 5) is 8.26. The molecule has 0 aliphatic carbocycles. The van der Waals surface area contributed by atoms with Gasteiger partial charge in [0.1, 0.15) is 6.54 Å². The van der Waals surface area contributed by atoms with Crippen LogP contribution in [0, 0.1) is 0 Å². The molecule has 7 nitrogen and oxygen atoms in total. The number of alkyl halides is 3. The zero-order chi connectivity index (χ0) is 20.8. The average molecular weight is 422 g/mol. The predicted molar refractivity (Wildman–Crippen MR) is 96.7 cm³/mol. The summed E-state index contributed by atoms with van der Waals surface area (Å²) in [6, 6.07) is 11.4. The number of nitrogens with zero attached hydrogens (tertiary/aromatic N) is 4. The summed E-state index contributed by atoms with van der Waals surface area (Å²) >= 11 is 0. The van der Waals surface area contributed by atoms with Crippen molar-refractivity contribution in [1.29, 1.82) is 0 Å². The van der Waals surface area contributed by atoms with Crippen molar-refractivity contribution >= 4 is 20.9 Å². The van der Waals surface area contributed by atoms with Crippen molar-refractivity contribution < 1.29 is 26.1 Å². The van der Waals surface area contributed by atoms with Crippen molar-refractivity contribution in [2.45, 2.75) is 17.9 Å². The molecule has 4 aromatic rings. The zero-order valence-corrected chi connectivity index (χ0v) is 15.7. The third-order valence-corrected chi connectivity index (χ3v) is 5.14. The molecule has 0 spiro atoms. The van der Waals surface area contributed by atoms with E-state index in [0.29, 0.717) is 11.0 Å². The summed E-state index contributed by atoms with van der Waals surface area (Å²) < 4.78 is 69.5. The van der Waals surface area contributed by atoms with Gasteiger partial charge in [0.2, 0.25) is 26.7 Å². The molecular formula is C18H13F3N4O3S. The first kappa shape index (κ1) is 19.1. The van der Waals surface area contributed by atoms with Crippen molar-refractivity contribution in [3.63, 3.8) is 0 Å². The van der Waals surface area contributed by atoms with E-state index in [2.05, 4.69) is 15.1 Å². The highest BCUT2D eigenvalue weighted by molar-refractivity contribution is 7.90. The van der Waals surface area contributed by atoms with Crippen LogP contribution in [0.15, 0.2) is 58.2 Å². The van der Waals surface area contributed by atoms with E-state index in [4.69, 9.17) is 4.52 Å². The Bertz CT molecular complexity index is 1310. The third-order valence-electron chi connectivity index (χ3n) is 4.16. The Morgan fingerprint density at radius 3 is 2.55 bits per heavy atom. The highest BCUT2D eigenvalue weighted by Gasteiger charge is 2.31. The quantitative estimate of drug-likeness (QED) is 0.500. The molecule has 11 heteroatoms. The SMILES string of the molecule is CS(=O)(=O)c1nc2ccccc2n1Cc1nc(-c2cccc(C(F)(F)F)c2)no1. The lowest BCUT2D eigenvalue weighted by atomic mass is 10.1. The molecule has 0 saturated heterocycles. The second kappa shape index (κ2) is 6.69. The summed E-state index contributed by atoms with van der Waals surface area (Å²) in [6.07, 6.45) is -3.46. The Labute approximate surface area is 162 Å². The van der Waals surface area contributed by atoms with Gasteiger partial charge in [-0.05, 0) is 24.3 Å². The molecule has 0 aliphatic heterocycles. The minimum atomic E-state index is -4.50. The molecule has 0 fully saturated rings. The van der Waals surface area contributed by atoms with Crippen molar-refractivity contribution in [2.75, 3.05) is 6.26 Å². The van der Waals surface area contributed by atoms with E-state index in [1.165, 1.54) is 16.7 Å². The van der Waals surface area contributed by atoms with Gasteiger partial charge in [-0.15, -0.1) is 0 Å². The third kappa shape index (κ3) is 3.73. The van der Waals surface area contributed by atoms with E-state index in [9.17, 15) is 21.6 Å². The van der Waals surface area contributed by atoms with Crippen molar-refractivity contribution in [3.8, 4) is 11.4 Å². The topological polar surface area (TPSA) is 90.9 Å². The van der Waals surface area contributed by atoms with E-state index < -0.39 is 21.6 Å². The molecule has 2 heterocycles. The van der Waals surface area contributed by atoms with Gasteiger partial charge in [-0.2, -0.15) is 18.2 Å². The lowest BCUT2D eigenvalue weighted by molar-refractivity contribution is -0.137. The predicted octanol–water partition coefficient (Wildman–Crippen LogP) is 3.56. The molecule has 2 aromatic heterocycles. The van der Waals surface area contributed by atoms with Crippen LogP contribution >= 0.6 is 0 Å². The second-order valence-electron chi connectivity index (χ2n) is 6.33. The number of fused-ring (bicyclic) bond motifs is 1. The van der Waals surface area contributed by atoms with Crippen LogP contribution in [-0.4, -0.2) is 34.4 Å². The number of benzene rings is 2. The standard InChI is InChI=1S/C18H13F3N4O3S/c1-29(26,27)17-22-13-7-2-3-8-14(13)25(17)10-15-23-16(24-28-15)11-5-4-6-12(9-11)18(19,20)21/h2-9H,10H2,1H3. The summed E-state index contributed by atoms with van der Waals surface area (Å²) in [5.74, 6) is 0.00175. The molecule has 0 unspecified atom stereocenters. The lowest BCUT2D eigenvalue weighted by Crippen LogP contribution is -2.10. The zero-order valence-electron chi connectivity index (χ0n) is 14.9. The lowest BCUT2D eigenvalue weighted by Gasteiger charge is -2.06. The van der Waals surface area contributed by atoms with Crippen molar-refractivity contribution in [2.24, 2.45) is 0 Å². The van der Waals surface area contributed by atoms with Crippen molar-refractivity contribution in [3.05, 3.63) is 60.0 Å². The Morgan fingerprint density at radius 2 is 1.83 bits per heavy atom. The van der Waals surface area contributed by atoms with Gasteiger partial charge < -0.3 is 9.09 Å². The fourth-order valence-corrected chi connectivity index (χ4v) is 3.72. The van der Waals surface area contributed by atoms with Crippen LogP contribution in [0.5, 0.6) is 0 Å². The van der Waals surface area contributed by atoms with E-state index in [-0.39, 0.29) is 29.0 Å². The number of imidazole rings is 1. The van der Waals surface area contributed by atoms with Gasteiger partial charge in [-0.3, -0.25) is 0 Å². The molecule has 0 aliphatic rings. The van der Waals surface area contributed by atoms with Gasteiger partial charge in [-0.1, -0.05) is 29.4 Å². The molecule has 0 saturated carbocycles. The summed E-state index contributed by atoms with van der Waals surface area (Å²) in [5.41, 5.74) is 0.326. The fraction of sp³-hybridized carbons (Fsp3) is 0.167. The minimum absolute atomic E-state index is 0.0311. The first-order chi connectivity index (χ1) is 13.6. The van der Waals surface area contributed by atoms with Gasteiger partial charge in [0.15, 0.2) is 0 Å². The van der Waals surface area contributed by atoms with Gasteiger partial charge in [0, 0.05) is 11.8 Å². The molecule has 2 aromatic carbocycles. The van der Waals surface area contributed by atoms with Crippen LogP contribution < -0.4 is 0 Å². The molecule has 0 amide bonds. The Morgan fingerprint density at radius 1 is 1.07 bits per heavy atom. The van der Waals surface area contributed by atoms with Gasteiger partial charge in [0.25, 0.3) is 0 Å². The molecule has 0 radical (unpaired) electrons. The van der Waals surface area contributed by atoms with Crippen LogP contribution in [0.2, 0.25) is 0 Å². The summed E-state index contributed by atoms with van der Waals surface area (Å²) in [5, 5.41) is 3.56. The van der Waals surface area contributed by atoms with E-state index in [1.807, 2.05) is 0 Å². The monoisotopic (exact) mass is 422 g/mol. The molecule has 4 rings (SSSR count). The van der Waals surface area contributed by atoms with Gasteiger partial charge >= 0.3 is 6.18 Å². The van der Waals surface area contributed by atoms with Crippen LogP contribution in [-0.2, 0) is 22.6 Å². The molecule has 150 valence electrons. The minimum Gasteiger partial charge on any atom is -0.337 e. The highest BCUT2D eigenvalue weighted by Crippen LogP contribution is 2.31. The highest BCUT2D eigenvalue weighted by atomic mass is 32.2. The number of aromatic nitrogens is 4. The Hall–Kier alpha value is -3.21. The average Bonchev–Trinajstić information content (AvgIpc) is 3.27. The number of sulfone groups is 1. The van der Waals surface area contributed by atoms with E-state index >= 15 is 0 Å². The molecule has 29 heavy (non-hydrogen) atoms. The Balaban J connectivity index is 1.73. The summed E-state index contributed by atoms with van der Waals surface area (Å²) in [7, 11) is -3.65. The molecule has 0 bridgehead atoms.